The van der Waals surface area contributed by atoms with Crippen LogP contribution in [0.5, 0.6) is 0 Å². The van der Waals surface area contributed by atoms with Crippen molar-refractivity contribution in [1.82, 2.24) is 19.8 Å². The number of morpholine rings is 1. The van der Waals surface area contributed by atoms with Crippen molar-refractivity contribution < 1.29 is 9.53 Å². The van der Waals surface area contributed by atoms with E-state index >= 15 is 0 Å². The van der Waals surface area contributed by atoms with Crippen LogP contribution in [-0.4, -0.2) is 72.6 Å². The van der Waals surface area contributed by atoms with Crippen molar-refractivity contribution >= 4 is 33.3 Å². The second-order valence-electron chi connectivity index (χ2n) is 8.05. The first-order chi connectivity index (χ1) is 13.5. The van der Waals surface area contributed by atoms with E-state index in [9.17, 15) is 4.79 Å². The number of nitrogens with one attached hydrogen (secondary N) is 1. The minimum absolute atomic E-state index is 0.0409. The number of ether oxygens (including phenoxy) is 1. The molecule has 0 saturated carbocycles. The lowest BCUT2D eigenvalue weighted by Gasteiger charge is -2.26. The van der Waals surface area contributed by atoms with Crippen LogP contribution in [-0.2, 0) is 28.9 Å². The molecular weight excluding hydrogens is 374 g/mol. The predicted molar refractivity (Wildman–Crippen MR) is 112 cm³/mol. The third-order valence-corrected chi connectivity index (χ3v) is 6.72. The molecule has 0 spiro atoms. The number of rotatable bonds is 5. The van der Waals surface area contributed by atoms with Crippen LogP contribution in [0.3, 0.4) is 0 Å². The van der Waals surface area contributed by atoms with Crippen LogP contribution in [0.2, 0.25) is 0 Å². The third-order valence-electron chi connectivity index (χ3n) is 5.58. The Morgan fingerprint density at radius 1 is 1.32 bits per heavy atom. The second kappa shape index (κ2) is 8.31. The molecule has 1 aliphatic carbocycles. The minimum atomic E-state index is 0.0409. The second-order valence-corrected chi connectivity index (χ2v) is 9.13. The molecular formula is C20H29N5O2S. The topological polar surface area (TPSA) is 70.6 Å². The zero-order valence-corrected chi connectivity index (χ0v) is 17.8. The van der Waals surface area contributed by atoms with Gasteiger partial charge in [-0.2, -0.15) is 0 Å². The zero-order valence-electron chi connectivity index (χ0n) is 17.0. The van der Waals surface area contributed by atoms with Crippen molar-refractivity contribution in [3.05, 3.63) is 16.3 Å². The van der Waals surface area contributed by atoms with Crippen LogP contribution in [0.15, 0.2) is 0 Å². The predicted octanol–water partition coefficient (Wildman–Crippen LogP) is 2.15. The Hall–Kier alpha value is -1.77. The third kappa shape index (κ3) is 4.14. The monoisotopic (exact) mass is 403 g/mol. The summed E-state index contributed by atoms with van der Waals surface area (Å²) in [5, 5.41) is 4.44. The maximum Gasteiger partial charge on any atom is 0.241 e. The quantitative estimate of drug-likeness (QED) is 0.825. The Balaban J connectivity index is 1.68. The van der Waals surface area contributed by atoms with Gasteiger partial charge in [-0.3, -0.25) is 9.69 Å². The van der Waals surface area contributed by atoms with Crippen LogP contribution in [0.4, 0.5) is 5.82 Å². The fraction of sp³-hybridized carbons (Fsp3) is 0.650. The van der Waals surface area contributed by atoms with E-state index in [1.165, 1.54) is 16.9 Å². The van der Waals surface area contributed by atoms with Crippen LogP contribution in [0, 0.1) is 5.92 Å². The number of carbonyl (C=O) groups is 1. The molecule has 0 radical (unpaired) electrons. The molecule has 1 atom stereocenters. The van der Waals surface area contributed by atoms with E-state index in [0.717, 1.165) is 61.0 Å². The lowest BCUT2D eigenvalue weighted by atomic mass is 9.89. The Labute approximate surface area is 170 Å². The highest BCUT2D eigenvalue weighted by Crippen LogP contribution is 2.40. The number of aryl methyl sites for hydroxylation is 1. The van der Waals surface area contributed by atoms with Crippen molar-refractivity contribution in [2.45, 2.75) is 32.7 Å². The zero-order chi connectivity index (χ0) is 19.7. The molecule has 2 aromatic rings. The average Bonchev–Trinajstić information content (AvgIpc) is 3.03. The van der Waals surface area contributed by atoms with E-state index in [0.29, 0.717) is 12.5 Å². The van der Waals surface area contributed by atoms with Gasteiger partial charge in [-0.25, -0.2) is 9.97 Å². The minimum Gasteiger partial charge on any atom is -0.379 e. The summed E-state index contributed by atoms with van der Waals surface area (Å²) in [4.78, 5) is 28.3. The summed E-state index contributed by atoms with van der Waals surface area (Å²) in [5.41, 5.74) is 1.39. The lowest BCUT2D eigenvalue weighted by molar-refractivity contribution is -0.126. The number of thiophene rings is 1. The van der Waals surface area contributed by atoms with Crippen LogP contribution in [0.25, 0.3) is 10.2 Å². The molecule has 0 aromatic carbocycles. The fourth-order valence-electron chi connectivity index (χ4n) is 3.86. The van der Waals surface area contributed by atoms with Gasteiger partial charge in [0, 0.05) is 32.1 Å². The van der Waals surface area contributed by atoms with Gasteiger partial charge in [0.15, 0.2) is 0 Å². The molecule has 1 fully saturated rings. The Morgan fingerprint density at radius 3 is 2.86 bits per heavy atom. The van der Waals surface area contributed by atoms with Crippen molar-refractivity contribution in [1.29, 1.82) is 0 Å². The van der Waals surface area contributed by atoms with Crippen molar-refractivity contribution in [2.75, 3.05) is 52.3 Å². The number of hydrogen-bond donors (Lipinski definition) is 1. The summed E-state index contributed by atoms with van der Waals surface area (Å²) < 4.78 is 5.45. The smallest absolute Gasteiger partial charge is 0.241 e. The number of hydrogen-bond acceptors (Lipinski definition) is 7. The van der Waals surface area contributed by atoms with Gasteiger partial charge in [0.2, 0.25) is 5.91 Å². The Morgan fingerprint density at radius 2 is 2.11 bits per heavy atom. The lowest BCUT2D eigenvalue weighted by Crippen LogP contribution is -2.36. The Kier molecular flexibility index (Phi) is 5.80. The van der Waals surface area contributed by atoms with Crippen LogP contribution < -0.4 is 5.32 Å². The molecule has 7 nitrogen and oxygen atoms in total. The molecule has 0 unspecified atom stereocenters. The summed E-state index contributed by atoms with van der Waals surface area (Å²) >= 11 is 1.80. The standard InChI is InChI=1S/C20H29N5O2S/c1-13-4-5-14-15(10-13)28-20-18(14)19(21-11-17(26)24(2)3)22-16(23-20)12-25-6-8-27-9-7-25/h13H,4-12H2,1-3H3,(H,21,22,23)/t13-/m1/s1. The van der Waals surface area contributed by atoms with E-state index in [2.05, 4.69) is 17.1 Å². The SMILES string of the molecule is C[C@@H]1CCc2c(sc3nc(CN4CCOCC4)nc(NCC(=O)N(C)C)c23)C1. The molecule has 1 amide bonds. The maximum atomic E-state index is 12.1. The van der Waals surface area contributed by atoms with E-state index < -0.39 is 0 Å². The van der Waals surface area contributed by atoms with E-state index in [4.69, 9.17) is 14.7 Å². The van der Waals surface area contributed by atoms with Crippen molar-refractivity contribution in [3.63, 3.8) is 0 Å². The molecule has 0 bridgehead atoms. The number of carbonyl (C=O) groups excluding carboxylic acids is 1. The van der Waals surface area contributed by atoms with Crippen molar-refractivity contribution in [2.24, 2.45) is 5.92 Å². The summed E-state index contributed by atoms with van der Waals surface area (Å²) in [7, 11) is 3.55. The van der Waals surface area contributed by atoms with E-state index in [-0.39, 0.29) is 12.5 Å². The molecule has 3 heterocycles. The molecule has 28 heavy (non-hydrogen) atoms. The van der Waals surface area contributed by atoms with Gasteiger partial charge in [-0.05, 0) is 30.7 Å². The van der Waals surface area contributed by atoms with E-state index in [1.54, 1.807) is 30.3 Å². The number of likely N-dealkylation sites (N-methyl/N-ethyl adjacent to an activating group) is 1. The molecule has 1 aliphatic heterocycles. The van der Waals surface area contributed by atoms with Gasteiger partial charge in [0.25, 0.3) is 0 Å². The molecule has 152 valence electrons. The number of aromatic nitrogens is 2. The highest BCUT2D eigenvalue weighted by molar-refractivity contribution is 7.19. The number of amides is 1. The molecule has 4 rings (SSSR count). The van der Waals surface area contributed by atoms with Crippen LogP contribution >= 0.6 is 11.3 Å². The van der Waals surface area contributed by atoms with Gasteiger partial charge in [0.05, 0.1) is 31.7 Å². The van der Waals surface area contributed by atoms with Crippen molar-refractivity contribution in [3.8, 4) is 0 Å². The molecule has 2 aromatic heterocycles. The van der Waals surface area contributed by atoms with Gasteiger partial charge in [-0.15, -0.1) is 11.3 Å². The summed E-state index contributed by atoms with van der Waals surface area (Å²) in [6.45, 7) is 6.61. The molecule has 1 N–H and O–H groups in total. The number of fused-ring (bicyclic) bond motifs is 3. The normalized spacial score (nSPS) is 20.2. The molecule has 2 aliphatic rings. The summed E-state index contributed by atoms with van der Waals surface area (Å²) in [6, 6.07) is 0. The van der Waals surface area contributed by atoms with E-state index in [1.807, 2.05) is 0 Å². The van der Waals surface area contributed by atoms with Gasteiger partial charge in [-0.1, -0.05) is 6.92 Å². The Bertz CT molecular complexity index is 860. The maximum absolute atomic E-state index is 12.1. The first-order valence-corrected chi connectivity index (χ1v) is 10.9. The number of anilines is 1. The largest absolute Gasteiger partial charge is 0.379 e. The van der Waals surface area contributed by atoms with Gasteiger partial charge >= 0.3 is 0 Å². The molecule has 1 saturated heterocycles. The van der Waals surface area contributed by atoms with Gasteiger partial charge < -0.3 is 15.0 Å². The highest BCUT2D eigenvalue weighted by Gasteiger charge is 2.25. The summed E-state index contributed by atoms with van der Waals surface area (Å²) in [6.07, 6.45) is 3.38. The average molecular weight is 404 g/mol. The fourth-order valence-corrected chi connectivity index (χ4v) is 5.26. The molecule has 8 heteroatoms. The highest BCUT2D eigenvalue weighted by atomic mass is 32.1. The first-order valence-electron chi connectivity index (χ1n) is 10.1. The van der Waals surface area contributed by atoms with Crippen LogP contribution in [0.1, 0.15) is 29.6 Å². The summed E-state index contributed by atoms with van der Waals surface area (Å²) in [5.74, 6) is 2.39. The first kappa shape index (κ1) is 19.5. The number of nitrogens with zero attached hydrogens (tertiary/aromatic N) is 4. The van der Waals surface area contributed by atoms with Gasteiger partial charge in [0.1, 0.15) is 16.5 Å².